The van der Waals surface area contributed by atoms with Crippen LogP contribution in [0.3, 0.4) is 0 Å². The van der Waals surface area contributed by atoms with E-state index in [9.17, 15) is 8.42 Å². The van der Waals surface area contributed by atoms with Crippen LogP contribution in [-0.4, -0.2) is 55.0 Å². The van der Waals surface area contributed by atoms with Crippen LogP contribution in [0.4, 0.5) is 5.82 Å². The molecule has 0 aliphatic carbocycles. The van der Waals surface area contributed by atoms with Gasteiger partial charge in [-0.1, -0.05) is 6.07 Å². The molecule has 6 rings (SSSR count). The minimum atomic E-state index is -3.84. The summed E-state index contributed by atoms with van der Waals surface area (Å²) in [6.07, 6.45) is 6.36. The van der Waals surface area contributed by atoms with Crippen molar-refractivity contribution in [2.75, 3.05) is 31.6 Å². The average molecular weight is 549 g/mol. The molecule has 1 atom stereocenters. The Morgan fingerprint density at radius 1 is 1.11 bits per heavy atom. The predicted octanol–water partition coefficient (Wildman–Crippen LogP) is 4.33. The highest BCUT2D eigenvalue weighted by Crippen LogP contribution is 2.48. The summed E-state index contributed by atoms with van der Waals surface area (Å²) in [6, 6.07) is 9.74. The molecule has 0 saturated carbocycles. The number of hydrogen-bond acceptors (Lipinski definition) is 8. The third-order valence-electron chi connectivity index (χ3n) is 8.51. The van der Waals surface area contributed by atoms with Crippen molar-refractivity contribution in [3.63, 3.8) is 0 Å². The van der Waals surface area contributed by atoms with Crippen LogP contribution in [0.1, 0.15) is 36.5 Å². The van der Waals surface area contributed by atoms with Crippen LogP contribution in [0.25, 0.3) is 21.3 Å². The maximum Gasteiger partial charge on any atom is 0.238 e. The molecule has 198 valence electrons. The summed E-state index contributed by atoms with van der Waals surface area (Å²) >= 11 is 1.61. The van der Waals surface area contributed by atoms with Gasteiger partial charge in [-0.25, -0.2) is 23.5 Å². The smallest absolute Gasteiger partial charge is 0.238 e. The van der Waals surface area contributed by atoms with Crippen molar-refractivity contribution >= 4 is 38.1 Å². The Morgan fingerprint density at radius 2 is 1.89 bits per heavy atom. The van der Waals surface area contributed by atoms with Crippen LogP contribution in [0.2, 0.25) is 0 Å². The van der Waals surface area contributed by atoms with Crippen molar-refractivity contribution in [1.82, 2.24) is 19.9 Å². The minimum absolute atomic E-state index is 0.160. The molecule has 1 saturated heterocycles. The molecule has 1 unspecified atom stereocenters. The van der Waals surface area contributed by atoms with Crippen LogP contribution in [-0.2, 0) is 22.0 Å². The number of nitrogens with two attached hydrogens (primary N) is 1. The fraction of sp³-hybridized carbons (Fsp3) is 0.393. The van der Waals surface area contributed by atoms with Gasteiger partial charge in [-0.15, -0.1) is 11.3 Å². The van der Waals surface area contributed by atoms with Crippen molar-refractivity contribution in [1.29, 1.82) is 0 Å². The quantitative estimate of drug-likeness (QED) is 0.405. The molecular weight excluding hydrogens is 516 g/mol. The number of rotatable bonds is 4. The highest BCUT2D eigenvalue weighted by atomic mass is 32.2. The Morgan fingerprint density at radius 3 is 2.61 bits per heavy atom. The van der Waals surface area contributed by atoms with Gasteiger partial charge in [0.25, 0.3) is 0 Å². The number of fused-ring (bicyclic) bond motifs is 2. The Balaban J connectivity index is 1.58. The van der Waals surface area contributed by atoms with E-state index in [1.165, 1.54) is 5.56 Å². The van der Waals surface area contributed by atoms with Gasteiger partial charge in [0.05, 0.1) is 26.3 Å². The van der Waals surface area contributed by atoms with Crippen LogP contribution in [0.5, 0.6) is 0 Å². The number of benzene rings is 2. The lowest BCUT2D eigenvalue weighted by atomic mass is 9.69. The Bertz CT molecular complexity index is 1610. The summed E-state index contributed by atoms with van der Waals surface area (Å²) in [5.74, 6) is 1.20. The second-order valence-electron chi connectivity index (χ2n) is 10.7. The molecule has 4 aromatic rings. The van der Waals surface area contributed by atoms with Crippen molar-refractivity contribution in [3.8, 4) is 10.4 Å². The molecule has 0 spiro atoms. The van der Waals surface area contributed by atoms with E-state index in [1.807, 2.05) is 23.8 Å². The fourth-order valence-corrected chi connectivity index (χ4v) is 7.57. The topological polar surface area (TPSA) is 105 Å². The Hall–Kier alpha value is -2.92. The summed E-state index contributed by atoms with van der Waals surface area (Å²) < 4.78 is 24.8. The van der Waals surface area contributed by atoms with E-state index in [2.05, 4.69) is 52.8 Å². The first-order chi connectivity index (χ1) is 18.2. The van der Waals surface area contributed by atoms with Gasteiger partial charge in [0.1, 0.15) is 12.1 Å². The summed E-state index contributed by atoms with van der Waals surface area (Å²) in [5.41, 5.74) is 6.71. The van der Waals surface area contributed by atoms with E-state index in [-0.39, 0.29) is 4.90 Å². The van der Waals surface area contributed by atoms with Gasteiger partial charge in [-0.05, 0) is 106 Å². The molecule has 0 bridgehead atoms. The van der Waals surface area contributed by atoms with Gasteiger partial charge >= 0.3 is 0 Å². The summed E-state index contributed by atoms with van der Waals surface area (Å²) in [6.45, 7) is 7.13. The van der Waals surface area contributed by atoms with Crippen molar-refractivity contribution in [3.05, 3.63) is 65.1 Å². The van der Waals surface area contributed by atoms with E-state index in [0.717, 1.165) is 77.2 Å². The van der Waals surface area contributed by atoms with Crippen LogP contribution in [0.15, 0.2) is 53.3 Å². The van der Waals surface area contributed by atoms with Gasteiger partial charge in [0.15, 0.2) is 0 Å². The zero-order chi connectivity index (χ0) is 26.7. The zero-order valence-corrected chi connectivity index (χ0v) is 23.5. The lowest BCUT2D eigenvalue weighted by Gasteiger charge is -2.53. The number of anilines is 1. The number of thiazole rings is 1. The molecule has 0 amide bonds. The van der Waals surface area contributed by atoms with Gasteiger partial charge in [0, 0.05) is 18.1 Å². The van der Waals surface area contributed by atoms with E-state index >= 15 is 0 Å². The monoisotopic (exact) mass is 548 g/mol. The zero-order valence-electron chi connectivity index (χ0n) is 21.9. The summed E-state index contributed by atoms with van der Waals surface area (Å²) in [5, 5.41) is 6.60. The lowest BCUT2D eigenvalue weighted by Crippen LogP contribution is -2.56. The lowest BCUT2D eigenvalue weighted by molar-refractivity contribution is 0.145. The molecule has 2 aromatic heterocycles. The number of hydrogen-bond donors (Lipinski definition) is 1. The molecule has 38 heavy (non-hydrogen) atoms. The maximum atomic E-state index is 12.4. The predicted molar refractivity (Wildman–Crippen MR) is 152 cm³/mol. The third kappa shape index (κ3) is 4.20. The van der Waals surface area contributed by atoms with E-state index in [1.54, 1.807) is 23.7 Å². The van der Waals surface area contributed by atoms with Crippen LogP contribution >= 0.6 is 11.3 Å². The van der Waals surface area contributed by atoms with E-state index in [0.29, 0.717) is 5.92 Å². The van der Waals surface area contributed by atoms with Gasteiger partial charge in [-0.2, -0.15) is 0 Å². The number of piperidine rings is 1. The van der Waals surface area contributed by atoms with E-state index in [4.69, 9.17) is 10.1 Å². The number of likely N-dealkylation sites (tertiary alicyclic amines) is 1. The molecule has 2 aromatic carbocycles. The van der Waals surface area contributed by atoms with Crippen molar-refractivity contribution in [2.45, 2.75) is 43.5 Å². The first-order valence-electron chi connectivity index (χ1n) is 12.9. The molecule has 2 N–H and O–H groups in total. The Kier molecular flexibility index (Phi) is 6.26. The van der Waals surface area contributed by atoms with Gasteiger partial charge < -0.3 is 9.80 Å². The second-order valence-corrected chi connectivity index (χ2v) is 13.2. The second kappa shape index (κ2) is 9.37. The molecule has 10 heteroatoms. The maximum absolute atomic E-state index is 12.4. The SMILES string of the molecule is Cc1cc(-c2cncs2)cc2c(N3CCc4ccc(S(N)(=O)=O)cc4C3(C)C3CCN(C)CC3)ncnc12. The number of aryl methyl sites for hydroxylation is 1. The molecule has 8 nitrogen and oxygen atoms in total. The van der Waals surface area contributed by atoms with Gasteiger partial charge in [0.2, 0.25) is 10.0 Å². The summed E-state index contributed by atoms with van der Waals surface area (Å²) in [7, 11) is -1.68. The Labute approximate surface area is 227 Å². The number of primary sulfonamides is 1. The summed E-state index contributed by atoms with van der Waals surface area (Å²) in [4.78, 5) is 19.9. The molecule has 2 aliphatic rings. The minimum Gasteiger partial charge on any atom is -0.346 e. The van der Waals surface area contributed by atoms with E-state index < -0.39 is 15.6 Å². The number of nitrogens with zero attached hydrogens (tertiary/aromatic N) is 5. The molecule has 1 fully saturated rings. The fourth-order valence-electron chi connectivity index (χ4n) is 6.42. The average Bonchev–Trinajstić information content (AvgIpc) is 3.44. The van der Waals surface area contributed by atoms with Crippen molar-refractivity contribution < 1.29 is 8.42 Å². The normalized spacial score (nSPS) is 21.1. The van der Waals surface area contributed by atoms with Crippen molar-refractivity contribution in [2.24, 2.45) is 11.1 Å². The standard InChI is InChI=1S/C28H32N6O2S2/c1-18-12-20(25-15-30-17-37-25)13-23-26(18)31-16-32-27(23)34-11-6-19-4-5-22(38(29,35)36)14-24(19)28(34,2)21-7-9-33(3)10-8-21/h4-5,12-17,21H,6-11H2,1-3H3,(H2,29,35,36). The molecule has 4 heterocycles. The highest BCUT2D eigenvalue weighted by Gasteiger charge is 2.47. The largest absolute Gasteiger partial charge is 0.346 e. The number of aromatic nitrogens is 3. The number of sulfonamides is 1. The first kappa shape index (κ1) is 25.4. The molecule has 2 aliphatic heterocycles. The van der Waals surface area contributed by atoms with Crippen LogP contribution in [0, 0.1) is 12.8 Å². The third-order valence-corrected chi connectivity index (χ3v) is 10.2. The first-order valence-corrected chi connectivity index (χ1v) is 15.4. The molecule has 0 radical (unpaired) electrons. The highest BCUT2D eigenvalue weighted by molar-refractivity contribution is 7.89. The molecular formula is C28H32N6O2S2. The van der Waals surface area contributed by atoms with Crippen LogP contribution < -0.4 is 10.0 Å². The van der Waals surface area contributed by atoms with Gasteiger partial charge in [-0.3, -0.25) is 4.98 Å².